The van der Waals surface area contributed by atoms with Gasteiger partial charge in [0.25, 0.3) is 5.91 Å². The average molecular weight is 448 g/mol. The lowest BCUT2D eigenvalue weighted by Crippen LogP contribution is -2.18. The van der Waals surface area contributed by atoms with Gasteiger partial charge in [-0.1, -0.05) is 18.2 Å². The van der Waals surface area contributed by atoms with Gasteiger partial charge >= 0.3 is 0 Å². The minimum absolute atomic E-state index is 0.298. The highest BCUT2D eigenvalue weighted by Gasteiger charge is 2.19. The van der Waals surface area contributed by atoms with Crippen LogP contribution >= 0.6 is 0 Å². The Bertz CT molecular complexity index is 1140. The molecule has 3 aromatic carbocycles. The number of nitrogens with two attached hydrogens (primary N) is 1. The first kappa shape index (κ1) is 23.8. The third-order valence-electron chi connectivity index (χ3n) is 5.24. The summed E-state index contributed by atoms with van der Waals surface area (Å²) in [5, 5.41) is 2.99. The van der Waals surface area contributed by atoms with Gasteiger partial charge in [-0.15, -0.1) is 0 Å². The molecule has 0 radical (unpaired) electrons. The number of anilines is 2. The van der Waals surface area contributed by atoms with Gasteiger partial charge in [-0.25, -0.2) is 0 Å². The molecule has 0 aliphatic carbocycles. The van der Waals surface area contributed by atoms with E-state index in [-0.39, 0.29) is 5.91 Å². The molecule has 2 amide bonds. The van der Waals surface area contributed by atoms with Crippen LogP contribution in [0, 0.1) is 6.92 Å². The lowest BCUT2D eigenvalue weighted by molar-refractivity contribution is 0.0996. The summed E-state index contributed by atoms with van der Waals surface area (Å²) < 4.78 is 10.5. The zero-order valence-corrected chi connectivity index (χ0v) is 19.3. The van der Waals surface area contributed by atoms with Crippen molar-refractivity contribution in [2.24, 2.45) is 5.73 Å². The van der Waals surface area contributed by atoms with Crippen LogP contribution in [-0.4, -0.2) is 46.2 Å². The van der Waals surface area contributed by atoms with Gasteiger partial charge in [0.1, 0.15) is 12.4 Å². The lowest BCUT2D eigenvalue weighted by Gasteiger charge is -2.19. The second-order valence-corrected chi connectivity index (χ2v) is 7.81. The van der Waals surface area contributed by atoms with E-state index in [2.05, 4.69) is 5.32 Å². The van der Waals surface area contributed by atoms with E-state index in [9.17, 15) is 9.59 Å². The molecule has 0 bridgehead atoms. The Balaban J connectivity index is 1.97. The molecule has 0 saturated heterocycles. The number of primary amides is 1. The number of aryl methyl sites for hydroxylation is 1. The molecule has 172 valence electrons. The van der Waals surface area contributed by atoms with Crippen molar-refractivity contribution in [1.29, 1.82) is 0 Å². The van der Waals surface area contributed by atoms with Crippen LogP contribution in [0.4, 0.5) is 11.4 Å². The first-order valence-electron chi connectivity index (χ1n) is 10.6. The Morgan fingerprint density at radius 2 is 1.73 bits per heavy atom. The molecule has 0 spiro atoms. The van der Waals surface area contributed by atoms with Gasteiger partial charge in [0.05, 0.1) is 12.3 Å². The number of carbonyl (C=O) groups excluding carboxylic acids is 2. The topological polar surface area (TPSA) is 93.9 Å². The van der Waals surface area contributed by atoms with Crippen LogP contribution in [0.25, 0.3) is 11.1 Å². The van der Waals surface area contributed by atoms with E-state index >= 15 is 0 Å². The van der Waals surface area contributed by atoms with Crippen molar-refractivity contribution in [3.8, 4) is 16.9 Å². The number of rotatable bonds is 9. The van der Waals surface area contributed by atoms with Gasteiger partial charge in [0.15, 0.2) is 0 Å². The van der Waals surface area contributed by atoms with E-state index in [1.807, 2.05) is 50.2 Å². The maximum absolute atomic E-state index is 13.1. The predicted molar refractivity (Wildman–Crippen MR) is 131 cm³/mol. The number of hydrogen-bond donors (Lipinski definition) is 2. The fourth-order valence-corrected chi connectivity index (χ4v) is 3.44. The first-order valence-corrected chi connectivity index (χ1v) is 10.6. The van der Waals surface area contributed by atoms with Gasteiger partial charge < -0.3 is 25.4 Å². The fraction of sp³-hybridized carbons (Fsp3) is 0.231. The zero-order chi connectivity index (χ0) is 24.0. The number of nitrogens with one attached hydrogen (secondary N) is 1. The van der Waals surface area contributed by atoms with Crippen LogP contribution in [0.5, 0.6) is 5.75 Å². The standard InChI is InChI=1S/C26H29N3O4/c1-17-8-13-22(25(27)30)23(19-6-5-7-20(16-19)29(2)3)24(17)28-26(31)18-9-11-21(12-10-18)33-15-14-32-4/h5-13,16H,14-15H2,1-4H3,(H2,27,30)(H,28,31). The van der Waals surface area contributed by atoms with Crippen molar-refractivity contribution in [3.05, 3.63) is 77.4 Å². The Hall–Kier alpha value is -3.84. The van der Waals surface area contributed by atoms with Gasteiger partial charge in [-0.3, -0.25) is 9.59 Å². The molecule has 7 nitrogen and oxygen atoms in total. The van der Waals surface area contributed by atoms with Crippen LogP contribution in [0.15, 0.2) is 60.7 Å². The lowest BCUT2D eigenvalue weighted by atomic mass is 9.93. The number of nitrogens with zero attached hydrogens (tertiary/aromatic N) is 1. The van der Waals surface area contributed by atoms with Crippen LogP contribution < -0.4 is 20.7 Å². The molecule has 0 unspecified atom stereocenters. The summed E-state index contributed by atoms with van der Waals surface area (Å²) in [6, 6.07) is 18.1. The average Bonchev–Trinajstić information content (AvgIpc) is 2.80. The second-order valence-electron chi connectivity index (χ2n) is 7.81. The zero-order valence-electron chi connectivity index (χ0n) is 19.3. The third-order valence-corrected chi connectivity index (χ3v) is 5.24. The summed E-state index contributed by atoms with van der Waals surface area (Å²) in [6.45, 7) is 2.79. The Labute approximate surface area is 194 Å². The Morgan fingerprint density at radius 3 is 2.36 bits per heavy atom. The molecule has 0 fully saturated rings. The highest BCUT2D eigenvalue weighted by molar-refractivity contribution is 6.10. The minimum Gasteiger partial charge on any atom is -0.491 e. The largest absolute Gasteiger partial charge is 0.491 e. The number of hydrogen-bond acceptors (Lipinski definition) is 5. The van der Waals surface area contributed by atoms with Crippen molar-refractivity contribution in [2.45, 2.75) is 6.92 Å². The van der Waals surface area contributed by atoms with E-state index in [1.165, 1.54) is 0 Å². The quantitative estimate of drug-likeness (QED) is 0.482. The summed E-state index contributed by atoms with van der Waals surface area (Å²) in [6.07, 6.45) is 0. The molecule has 33 heavy (non-hydrogen) atoms. The molecule has 0 aliphatic rings. The van der Waals surface area contributed by atoms with E-state index in [0.29, 0.717) is 41.3 Å². The molecule has 0 aliphatic heterocycles. The summed E-state index contributed by atoms with van der Waals surface area (Å²) >= 11 is 0. The number of ether oxygens (including phenoxy) is 2. The van der Waals surface area contributed by atoms with Crippen LogP contribution in [0.3, 0.4) is 0 Å². The Kier molecular flexibility index (Phi) is 7.69. The van der Waals surface area contributed by atoms with Crippen LogP contribution in [-0.2, 0) is 4.74 Å². The van der Waals surface area contributed by atoms with E-state index < -0.39 is 5.91 Å². The monoisotopic (exact) mass is 447 g/mol. The Morgan fingerprint density at radius 1 is 1.00 bits per heavy atom. The molecule has 0 aromatic heterocycles. The highest BCUT2D eigenvalue weighted by Crippen LogP contribution is 2.36. The number of benzene rings is 3. The smallest absolute Gasteiger partial charge is 0.255 e. The maximum Gasteiger partial charge on any atom is 0.255 e. The highest BCUT2D eigenvalue weighted by atomic mass is 16.5. The van der Waals surface area contributed by atoms with Crippen molar-refractivity contribution < 1.29 is 19.1 Å². The number of amides is 2. The van der Waals surface area contributed by atoms with E-state index in [4.69, 9.17) is 15.2 Å². The van der Waals surface area contributed by atoms with E-state index in [0.717, 1.165) is 16.8 Å². The minimum atomic E-state index is -0.562. The van der Waals surface area contributed by atoms with Crippen molar-refractivity contribution in [1.82, 2.24) is 0 Å². The van der Waals surface area contributed by atoms with Crippen molar-refractivity contribution >= 4 is 23.2 Å². The first-order chi connectivity index (χ1) is 15.8. The van der Waals surface area contributed by atoms with Gasteiger partial charge in [0, 0.05) is 43.6 Å². The number of carbonyl (C=O) groups is 2. The summed E-state index contributed by atoms with van der Waals surface area (Å²) in [4.78, 5) is 27.3. The summed E-state index contributed by atoms with van der Waals surface area (Å²) in [7, 11) is 5.49. The molecular weight excluding hydrogens is 418 g/mol. The summed E-state index contributed by atoms with van der Waals surface area (Å²) in [5.74, 6) is -0.210. The molecule has 7 heteroatoms. The molecule has 3 rings (SSSR count). The molecule has 3 aromatic rings. The van der Waals surface area contributed by atoms with Gasteiger partial charge in [-0.2, -0.15) is 0 Å². The van der Waals surface area contributed by atoms with E-state index in [1.54, 1.807) is 43.5 Å². The van der Waals surface area contributed by atoms with Gasteiger partial charge in [-0.05, 0) is 60.5 Å². The van der Waals surface area contributed by atoms with Crippen LogP contribution in [0.1, 0.15) is 26.3 Å². The molecule has 0 heterocycles. The van der Waals surface area contributed by atoms with Crippen LogP contribution in [0.2, 0.25) is 0 Å². The SMILES string of the molecule is COCCOc1ccc(C(=O)Nc2c(C)ccc(C(N)=O)c2-c2cccc(N(C)C)c2)cc1. The molecular formula is C26H29N3O4. The second kappa shape index (κ2) is 10.7. The normalized spacial score (nSPS) is 10.5. The molecule has 3 N–H and O–H groups in total. The summed E-state index contributed by atoms with van der Waals surface area (Å²) in [5.41, 5.74) is 10.2. The maximum atomic E-state index is 13.1. The van der Waals surface area contributed by atoms with Crippen molar-refractivity contribution in [3.63, 3.8) is 0 Å². The number of methoxy groups -OCH3 is 1. The third kappa shape index (κ3) is 5.70. The van der Waals surface area contributed by atoms with Crippen molar-refractivity contribution in [2.75, 3.05) is 44.6 Å². The molecule has 0 atom stereocenters. The fourth-order valence-electron chi connectivity index (χ4n) is 3.44. The predicted octanol–water partition coefficient (Wildman–Crippen LogP) is 4.10. The molecule has 0 saturated carbocycles. The van der Waals surface area contributed by atoms with Gasteiger partial charge in [0.2, 0.25) is 5.91 Å².